The molecular weight excluding hydrogens is 260 g/mol. The molecule has 3 rings (SSSR count). The average Bonchev–Trinajstić information content (AvgIpc) is 2.99. The van der Waals surface area contributed by atoms with Crippen LogP contribution in [0.1, 0.15) is 43.4 Å². The van der Waals surface area contributed by atoms with E-state index in [2.05, 4.69) is 17.2 Å². The SMILES string of the molecule is CC(NC(=O)C1C2CCCC21)c1ccc(C#CCN)cc1. The van der Waals surface area contributed by atoms with Gasteiger partial charge in [-0.1, -0.05) is 30.4 Å². The number of amides is 1. The zero-order valence-electron chi connectivity index (χ0n) is 12.4. The lowest BCUT2D eigenvalue weighted by atomic mass is 10.1. The van der Waals surface area contributed by atoms with Gasteiger partial charge >= 0.3 is 0 Å². The topological polar surface area (TPSA) is 55.1 Å². The van der Waals surface area contributed by atoms with E-state index in [0.717, 1.165) is 11.1 Å². The molecule has 1 aromatic rings. The van der Waals surface area contributed by atoms with Gasteiger partial charge < -0.3 is 11.1 Å². The minimum Gasteiger partial charge on any atom is -0.349 e. The Morgan fingerprint density at radius 2 is 2.00 bits per heavy atom. The minimum absolute atomic E-state index is 0.0512. The maximum Gasteiger partial charge on any atom is 0.224 e. The number of nitrogens with two attached hydrogens (primary N) is 1. The van der Waals surface area contributed by atoms with E-state index in [9.17, 15) is 4.79 Å². The summed E-state index contributed by atoms with van der Waals surface area (Å²) in [6.07, 6.45) is 3.79. The van der Waals surface area contributed by atoms with Crippen molar-refractivity contribution in [2.75, 3.05) is 6.54 Å². The zero-order valence-corrected chi connectivity index (χ0v) is 12.4. The molecule has 3 N–H and O–H groups in total. The Balaban J connectivity index is 1.57. The first-order valence-corrected chi connectivity index (χ1v) is 7.80. The Labute approximate surface area is 126 Å². The third kappa shape index (κ3) is 2.96. The second kappa shape index (κ2) is 5.91. The van der Waals surface area contributed by atoms with E-state index in [-0.39, 0.29) is 17.9 Å². The van der Waals surface area contributed by atoms with Gasteiger partial charge in [-0.2, -0.15) is 0 Å². The normalized spacial score (nSPS) is 27.2. The standard InChI is InChI=1S/C18H22N2O/c1-12(14-9-7-13(8-10-14)4-3-11-19)20-18(21)17-15-5-2-6-16(15)17/h7-10,12,15-17H,2,5-6,11,19H2,1H3,(H,20,21). The van der Waals surface area contributed by atoms with Crippen LogP contribution in [0.4, 0.5) is 0 Å². The van der Waals surface area contributed by atoms with Crippen LogP contribution in [0.15, 0.2) is 24.3 Å². The lowest BCUT2D eigenvalue weighted by Gasteiger charge is -2.15. The number of carbonyl (C=O) groups excluding carboxylic acids is 1. The van der Waals surface area contributed by atoms with Gasteiger partial charge in [-0.3, -0.25) is 4.79 Å². The van der Waals surface area contributed by atoms with E-state index in [1.807, 2.05) is 31.2 Å². The van der Waals surface area contributed by atoms with Crippen molar-refractivity contribution < 1.29 is 4.79 Å². The summed E-state index contributed by atoms with van der Waals surface area (Å²) < 4.78 is 0. The van der Waals surface area contributed by atoms with Crippen molar-refractivity contribution in [1.82, 2.24) is 5.32 Å². The molecule has 110 valence electrons. The molecule has 0 radical (unpaired) electrons. The van der Waals surface area contributed by atoms with Crippen LogP contribution in [0.25, 0.3) is 0 Å². The molecule has 2 aliphatic carbocycles. The molecule has 3 heteroatoms. The Hall–Kier alpha value is -1.79. The third-order valence-corrected chi connectivity index (χ3v) is 4.81. The van der Waals surface area contributed by atoms with Gasteiger partial charge in [-0.25, -0.2) is 0 Å². The first kappa shape index (κ1) is 14.2. The molecular formula is C18H22N2O. The minimum atomic E-state index is 0.0512. The Kier molecular flexibility index (Phi) is 3.98. The molecule has 2 aliphatic rings. The summed E-state index contributed by atoms with van der Waals surface area (Å²) >= 11 is 0. The Bertz CT molecular complexity index is 571. The first-order valence-electron chi connectivity index (χ1n) is 7.80. The smallest absolute Gasteiger partial charge is 0.224 e. The summed E-state index contributed by atoms with van der Waals surface area (Å²) in [6, 6.07) is 8.06. The van der Waals surface area contributed by atoms with Crippen molar-refractivity contribution in [3.63, 3.8) is 0 Å². The van der Waals surface area contributed by atoms with Crippen LogP contribution in [-0.2, 0) is 4.79 Å². The van der Waals surface area contributed by atoms with Crippen LogP contribution in [0.3, 0.4) is 0 Å². The Morgan fingerprint density at radius 3 is 2.62 bits per heavy atom. The molecule has 0 aliphatic heterocycles. The highest BCUT2D eigenvalue weighted by molar-refractivity contribution is 5.82. The molecule has 1 aromatic carbocycles. The van der Waals surface area contributed by atoms with Crippen LogP contribution < -0.4 is 11.1 Å². The van der Waals surface area contributed by atoms with E-state index < -0.39 is 0 Å². The van der Waals surface area contributed by atoms with Crippen molar-refractivity contribution in [1.29, 1.82) is 0 Å². The van der Waals surface area contributed by atoms with Crippen LogP contribution in [0.2, 0.25) is 0 Å². The molecule has 1 amide bonds. The number of hydrogen-bond donors (Lipinski definition) is 2. The van der Waals surface area contributed by atoms with Gasteiger partial charge in [0.2, 0.25) is 5.91 Å². The molecule has 0 spiro atoms. The van der Waals surface area contributed by atoms with E-state index >= 15 is 0 Å². The molecule has 0 aromatic heterocycles. The van der Waals surface area contributed by atoms with Crippen LogP contribution >= 0.6 is 0 Å². The lowest BCUT2D eigenvalue weighted by Crippen LogP contribution is -2.29. The van der Waals surface area contributed by atoms with Gasteiger partial charge in [0, 0.05) is 11.5 Å². The summed E-state index contributed by atoms with van der Waals surface area (Å²) in [5, 5.41) is 3.15. The van der Waals surface area contributed by atoms with Crippen LogP contribution in [0.5, 0.6) is 0 Å². The summed E-state index contributed by atoms with van der Waals surface area (Å²) in [5.41, 5.74) is 7.44. The predicted molar refractivity (Wildman–Crippen MR) is 83.3 cm³/mol. The van der Waals surface area contributed by atoms with Crippen molar-refractivity contribution in [2.24, 2.45) is 23.5 Å². The van der Waals surface area contributed by atoms with E-state index in [1.54, 1.807) is 0 Å². The highest BCUT2D eigenvalue weighted by Crippen LogP contribution is 2.57. The first-order chi connectivity index (χ1) is 10.2. The van der Waals surface area contributed by atoms with Gasteiger partial charge in [-0.05, 0) is 49.3 Å². The van der Waals surface area contributed by atoms with Gasteiger partial charge in [-0.15, -0.1) is 0 Å². The summed E-state index contributed by atoms with van der Waals surface area (Å²) in [7, 11) is 0. The second-order valence-corrected chi connectivity index (χ2v) is 6.14. The third-order valence-electron chi connectivity index (χ3n) is 4.81. The van der Waals surface area contributed by atoms with Crippen molar-refractivity contribution in [3.05, 3.63) is 35.4 Å². The zero-order chi connectivity index (χ0) is 14.8. The number of hydrogen-bond acceptors (Lipinski definition) is 2. The summed E-state index contributed by atoms with van der Waals surface area (Å²) in [6.45, 7) is 2.41. The number of rotatable bonds is 3. The fourth-order valence-corrected chi connectivity index (χ4v) is 3.61. The van der Waals surface area contributed by atoms with Crippen LogP contribution in [0, 0.1) is 29.6 Å². The van der Waals surface area contributed by atoms with Gasteiger partial charge in [0.25, 0.3) is 0 Å². The van der Waals surface area contributed by atoms with Crippen molar-refractivity contribution in [3.8, 4) is 11.8 Å². The van der Waals surface area contributed by atoms with Gasteiger partial charge in [0.1, 0.15) is 0 Å². The fraction of sp³-hybridized carbons (Fsp3) is 0.500. The van der Waals surface area contributed by atoms with Crippen LogP contribution in [-0.4, -0.2) is 12.5 Å². The monoisotopic (exact) mass is 282 g/mol. The highest BCUT2D eigenvalue weighted by atomic mass is 16.2. The maximum atomic E-state index is 12.3. The highest BCUT2D eigenvalue weighted by Gasteiger charge is 2.56. The number of fused-ring (bicyclic) bond motifs is 1. The molecule has 3 nitrogen and oxygen atoms in total. The van der Waals surface area contributed by atoms with Gasteiger partial charge in [0.15, 0.2) is 0 Å². The second-order valence-electron chi connectivity index (χ2n) is 6.14. The molecule has 21 heavy (non-hydrogen) atoms. The largest absolute Gasteiger partial charge is 0.349 e. The maximum absolute atomic E-state index is 12.3. The molecule has 3 unspecified atom stereocenters. The average molecular weight is 282 g/mol. The molecule has 2 fully saturated rings. The lowest BCUT2D eigenvalue weighted by molar-refractivity contribution is -0.123. The van der Waals surface area contributed by atoms with Crippen molar-refractivity contribution >= 4 is 5.91 Å². The summed E-state index contributed by atoms with van der Waals surface area (Å²) in [4.78, 5) is 12.3. The van der Waals surface area contributed by atoms with Gasteiger partial charge in [0.05, 0.1) is 12.6 Å². The van der Waals surface area contributed by atoms with Crippen molar-refractivity contribution in [2.45, 2.75) is 32.2 Å². The van der Waals surface area contributed by atoms with E-state index in [4.69, 9.17) is 5.73 Å². The molecule has 3 atom stereocenters. The Morgan fingerprint density at radius 1 is 1.33 bits per heavy atom. The fourth-order valence-electron chi connectivity index (χ4n) is 3.61. The molecule has 0 saturated heterocycles. The van der Waals surface area contributed by atoms with E-state index in [0.29, 0.717) is 18.4 Å². The predicted octanol–water partition coefficient (Wildman–Crippen LogP) is 2.22. The number of nitrogens with one attached hydrogen (secondary N) is 1. The molecule has 0 heterocycles. The number of carbonyl (C=O) groups is 1. The quantitative estimate of drug-likeness (QED) is 0.835. The van der Waals surface area contributed by atoms with E-state index in [1.165, 1.54) is 19.3 Å². The molecule has 0 bridgehead atoms. The number of benzene rings is 1. The molecule has 2 saturated carbocycles. The summed E-state index contributed by atoms with van der Waals surface area (Å²) in [5.74, 6) is 7.72.